The lowest BCUT2D eigenvalue weighted by Gasteiger charge is -2.15. The number of rotatable bonds is 8. The highest BCUT2D eigenvalue weighted by Gasteiger charge is 2.21. The fourth-order valence-corrected chi connectivity index (χ4v) is 2.32. The van der Waals surface area contributed by atoms with E-state index in [0.29, 0.717) is 0 Å². The molecule has 90 valence electrons. The van der Waals surface area contributed by atoms with E-state index in [9.17, 15) is 0 Å². The van der Waals surface area contributed by atoms with Crippen molar-refractivity contribution in [1.29, 1.82) is 0 Å². The van der Waals surface area contributed by atoms with Gasteiger partial charge < -0.3 is 15.4 Å². The lowest BCUT2D eigenvalue weighted by atomic mass is 10.1. The van der Waals surface area contributed by atoms with Gasteiger partial charge in [-0.15, -0.1) is 0 Å². The van der Waals surface area contributed by atoms with Crippen LogP contribution in [0, 0.1) is 5.92 Å². The summed E-state index contributed by atoms with van der Waals surface area (Å²) < 4.78 is 5.19. The molecule has 0 aromatic rings. The SMILES string of the molecule is COCC1CCN(CCCCCCN)C1. The summed E-state index contributed by atoms with van der Waals surface area (Å²) in [6.07, 6.45) is 6.47. The minimum Gasteiger partial charge on any atom is -0.384 e. The minimum atomic E-state index is 0.777. The molecule has 1 atom stereocenters. The smallest absolute Gasteiger partial charge is 0.0503 e. The number of nitrogens with two attached hydrogens (primary N) is 1. The summed E-state index contributed by atoms with van der Waals surface area (Å²) >= 11 is 0. The van der Waals surface area contributed by atoms with Crippen LogP contribution >= 0.6 is 0 Å². The summed E-state index contributed by atoms with van der Waals surface area (Å²) in [5.74, 6) is 0.777. The van der Waals surface area contributed by atoms with E-state index < -0.39 is 0 Å². The van der Waals surface area contributed by atoms with Crippen molar-refractivity contribution >= 4 is 0 Å². The van der Waals surface area contributed by atoms with Crippen LogP contribution in [0.4, 0.5) is 0 Å². The summed E-state index contributed by atoms with van der Waals surface area (Å²) in [6.45, 7) is 5.56. The van der Waals surface area contributed by atoms with Crippen LogP contribution in [0.25, 0.3) is 0 Å². The normalized spacial score (nSPS) is 22.4. The molecule has 1 aliphatic heterocycles. The molecule has 1 saturated heterocycles. The molecular weight excluding hydrogens is 188 g/mol. The number of nitrogens with zero attached hydrogens (tertiary/aromatic N) is 1. The molecule has 15 heavy (non-hydrogen) atoms. The molecule has 0 radical (unpaired) electrons. The first-order chi connectivity index (χ1) is 7.36. The number of ether oxygens (including phenoxy) is 1. The molecule has 1 aliphatic rings. The molecule has 1 fully saturated rings. The quantitative estimate of drug-likeness (QED) is 0.622. The molecule has 3 nitrogen and oxygen atoms in total. The Morgan fingerprint density at radius 2 is 2.07 bits per heavy atom. The van der Waals surface area contributed by atoms with E-state index >= 15 is 0 Å². The summed E-state index contributed by atoms with van der Waals surface area (Å²) in [7, 11) is 1.80. The van der Waals surface area contributed by atoms with Crippen LogP contribution in [0.5, 0.6) is 0 Å². The van der Waals surface area contributed by atoms with Crippen LogP contribution in [0.3, 0.4) is 0 Å². The van der Waals surface area contributed by atoms with Gasteiger partial charge in [0.2, 0.25) is 0 Å². The summed E-state index contributed by atoms with van der Waals surface area (Å²) in [6, 6.07) is 0. The molecule has 0 saturated carbocycles. The van der Waals surface area contributed by atoms with E-state index in [1.165, 1.54) is 51.7 Å². The third kappa shape index (κ3) is 5.50. The Morgan fingerprint density at radius 1 is 1.27 bits per heavy atom. The van der Waals surface area contributed by atoms with E-state index in [-0.39, 0.29) is 0 Å². The zero-order valence-corrected chi connectivity index (χ0v) is 10.1. The first-order valence-corrected chi connectivity index (χ1v) is 6.28. The van der Waals surface area contributed by atoms with Crippen LogP contribution < -0.4 is 5.73 Å². The van der Waals surface area contributed by atoms with Crippen molar-refractivity contribution in [3.05, 3.63) is 0 Å². The number of unbranched alkanes of at least 4 members (excludes halogenated alkanes) is 3. The van der Waals surface area contributed by atoms with Gasteiger partial charge >= 0.3 is 0 Å². The van der Waals surface area contributed by atoms with Crippen LogP contribution in [0.15, 0.2) is 0 Å². The van der Waals surface area contributed by atoms with E-state index in [1.807, 2.05) is 0 Å². The lowest BCUT2D eigenvalue weighted by Crippen LogP contribution is -2.22. The number of likely N-dealkylation sites (tertiary alicyclic amines) is 1. The van der Waals surface area contributed by atoms with Crippen molar-refractivity contribution in [2.24, 2.45) is 11.7 Å². The largest absolute Gasteiger partial charge is 0.384 e. The van der Waals surface area contributed by atoms with Crippen LogP contribution in [-0.2, 0) is 4.74 Å². The molecule has 1 heterocycles. The van der Waals surface area contributed by atoms with Gasteiger partial charge in [-0.1, -0.05) is 12.8 Å². The van der Waals surface area contributed by atoms with Crippen LogP contribution in [-0.4, -0.2) is 44.8 Å². The van der Waals surface area contributed by atoms with Crippen molar-refractivity contribution in [2.75, 3.05) is 39.9 Å². The fraction of sp³-hybridized carbons (Fsp3) is 1.00. The highest BCUT2D eigenvalue weighted by molar-refractivity contribution is 4.74. The van der Waals surface area contributed by atoms with Gasteiger partial charge in [0, 0.05) is 13.7 Å². The van der Waals surface area contributed by atoms with Gasteiger partial charge in [-0.3, -0.25) is 0 Å². The Labute approximate surface area is 94.0 Å². The molecule has 0 aliphatic carbocycles. The van der Waals surface area contributed by atoms with E-state index in [4.69, 9.17) is 10.5 Å². The molecule has 0 bridgehead atoms. The highest BCUT2D eigenvalue weighted by atomic mass is 16.5. The van der Waals surface area contributed by atoms with Crippen molar-refractivity contribution < 1.29 is 4.74 Å². The monoisotopic (exact) mass is 214 g/mol. The third-order valence-corrected chi connectivity index (χ3v) is 3.20. The predicted octanol–water partition coefficient (Wildman–Crippen LogP) is 1.47. The Balaban J connectivity index is 1.94. The molecule has 1 rings (SSSR count). The summed E-state index contributed by atoms with van der Waals surface area (Å²) in [5, 5.41) is 0. The second-order valence-corrected chi connectivity index (χ2v) is 4.61. The molecule has 3 heteroatoms. The molecule has 0 spiro atoms. The maximum Gasteiger partial charge on any atom is 0.0503 e. The zero-order chi connectivity index (χ0) is 10.9. The van der Waals surface area contributed by atoms with E-state index in [0.717, 1.165) is 19.1 Å². The second-order valence-electron chi connectivity index (χ2n) is 4.61. The van der Waals surface area contributed by atoms with Gasteiger partial charge in [-0.25, -0.2) is 0 Å². The third-order valence-electron chi connectivity index (χ3n) is 3.20. The summed E-state index contributed by atoms with van der Waals surface area (Å²) in [4.78, 5) is 2.58. The molecule has 0 aromatic heterocycles. The molecule has 0 amide bonds. The van der Waals surface area contributed by atoms with Gasteiger partial charge in [0.1, 0.15) is 0 Å². The maximum absolute atomic E-state index is 5.46. The van der Waals surface area contributed by atoms with Crippen molar-refractivity contribution in [1.82, 2.24) is 4.90 Å². The average Bonchev–Trinajstić information content (AvgIpc) is 2.66. The number of hydrogen-bond donors (Lipinski definition) is 1. The molecular formula is C12H26N2O. The lowest BCUT2D eigenvalue weighted by molar-refractivity contribution is 0.153. The maximum atomic E-state index is 5.46. The second kappa shape index (κ2) is 8.08. The van der Waals surface area contributed by atoms with E-state index in [1.54, 1.807) is 7.11 Å². The van der Waals surface area contributed by atoms with Gasteiger partial charge in [0.15, 0.2) is 0 Å². The van der Waals surface area contributed by atoms with Gasteiger partial charge in [-0.2, -0.15) is 0 Å². The number of methoxy groups -OCH3 is 1. The highest BCUT2D eigenvalue weighted by Crippen LogP contribution is 2.16. The Morgan fingerprint density at radius 3 is 2.80 bits per heavy atom. The average molecular weight is 214 g/mol. The zero-order valence-electron chi connectivity index (χ0n) is 10.1. The fourth-order valence-electron chi connectivity index (χ4n) is 2.32. The Kier molecular flexibility index (Phi) is 6.98. The van der Waals surface area contributed by atoms with Gasteiger partial charge in [0.25, 0.3) is 0 Å². The van der Waals surface area contributed by atoms with Crippen molar-refractivity contribution in [2.45, 2.75) is 32.1 Å². The Bertz CT molecular complexity index is 153. The minimum absolute atomic E-state index is 0.777. The standard InChI is InChI=1S/C12H26N2O/c1-15-11-12-6-9-14(10-12)8-5-3-2-4-7-13/h12H,2-11,13H2,1H3. The first kappa shape index (κ1) is 12.9. The van der Waals surface area contributed by atoms with Crippen molar-refractivity contribution in [3.63, 3.8) is 0 Å². The van der Waals surface area contributed by atoms with Gasteiger partial charge in [-0.05, 0) is 44.8 Å². The predicted molar refractivity (Wildman–Crippen MR) is 63.9 cm³/mol. The summed E-state index contributed by atoms with van der Waals surface area (Å²) in [5.41, 5.74) is 5.46. The molecule has 1 unspecified atom stereocenters. The topological polar surface area (TPSA) is 38.5 Å². The Hall–Kier alpha value is -0.120. The first-order valence-electron chi connectivity index (χ1n) is 6.28. The van der Waals surface area contributed by atoms with Crippen LogP contribution in [0.2, 0.25) is 0 Å². The van der Waals surface area contributed by atoms with Crippen molar-refractivity contribution in [3.8, 4) is 0 Å². The van der Waals surface area contributed by atoms with Crippen LogP contribution in [0.1, 0.15) is 32.1 Å². The molecule has 2 N–H and O–H groups in total. The number of hydrogen-bond acceptors (Lipinski definition) is 3. The van der Waals surface area contributed by atoms with E-state index in [2.05, 4.69) is 4.90 Å². The molecule has 0 aromatic carbocycles. The van der Waals surface area contributed by atoms with Gasteiger partial charge in [0.05, 0.1) is 6.61 Å².